The summed E-state index contributed by atoms with van der Waals surface area (Å²) in [5.41, 5.74) is 3.54. The van der Waals surface area contributed by atoms with Gasteiger partial charge in [0, 0.05) is 5.56 Å². The molecule has 0 fully saturated rings. The first-order valence-corrected chi connectivity index (χ1v) is 6.04. The number of ether oxygens (including phenoxy) is 1. The minimum absolute atomic E-state index is 0.178. The van der Waals surface area contributed by atoms with E-state index in [2.05, 4.69) is 5.16 Å². The van der Waals surface area contributed by atoms with Gasteiger partial charge in [0.25, 0.3) is 0 Å². The van der Waals surface area contributed by atoms with Crippen LogP contribution in [0.5, 0.6) is 5.75 Å². The summed E-state index contributed by atoms with van der Waals surface area (Å²) < 4.78 is 4.78. The van der Waals surface area contributed by atoms with Gasteiger partial charge < -0.3 is 15.1 Å². The van der Waals surface area contributed by atoms with Crippen LogP contribution in [0.25, 0.3) is 0 Å². The molecule has 0 saturated carbocycles. The Labute approximate surface area is 114 Å². The van der Waals surface area contributed by atoms with Crippen LogP contribution in [0.4, 0.5) is 4.79 Å². The van der Waals surface area contributed by atoms with E-state index in [1.54, 1.807) is 12.1 Å². The van der Waals surface area contributed by atoms with Gasteiger partial charge in [0.1, 0.15) is 11.5 Å². The summed E-state index contributed by atoms with van der Waals surface area (Å²) in [5.74, 6) is 0.178. The second kappa shape index (κ2) is 4.70. The van der Waals surface area contributed by atoms with Gasteiger partial charge >= 0.3 is 6.16 Å². The Morgan fingerprint density at radius 3 is 2.60 bits per heavy atom. The van der Waals surface area contributed by atoms with Crippen molar-refractivity contribution in [2.75, 3.05) is 0 Å². The zero-order chi connectivity index (χ0) is 14.1. The normalized spacial score (nSPS) is 14.5. The van der Waals surface area contributed by atoms with Crippen molar-refractivity contribution in [3.63, 3.8) is 0 Å². The highest BCUT2D eigenvalue weighted by molar-refractivity contribution is 6.17. The van der Waals surface area contributed by atoms with Crippen molar-refractivity contribution in [1.82, 2.24) is 0 Å². The Morgan fingerprint density at radius 1 is 1.10 bits per heavy atom. The average Bonchev–Trinajstić information content (AvgIpc) is 2.44. The van der Waals surface area contributed by atoms with Crippen molar-refractivity contribution in [2.24, 2.45) is 5.16 Å². The first kappa shape index (κ1) is 12.2. The van der Waals surface area contributed by atoms with Crippen LogP contribution in [0.15, 0.2) is 47.6 Å². The molecular formula is C15H11NO4. The Morgan fingerprint density at radius 2 is 1.85 bits per heavy atom. The van der Waals surface area contributed by atoms with Crippen molar-refractivity contribution >= 4 is 11.9 Å². The van der Waals surface area contributed by atoms with Crippen LogP contribution in [0.3, 0.4) is 0 Å². The Hall–Kier alpha value is -2.82. The highest BCUT2D eigenvalue weighted by Gasteiger charge is 2.26. The fraction of sp³-hybridized carbons (Fsp3) is 0.0667. The third-order valence-corrected chi connectivity index (χ3v) is 3.30. The highest BCUT2D eigenvalue weighted by Crippen LogP contribution is 2.33. The van der Waals surface area contributed by atoms with Crippen molar-refractivity contribution in [1.29, 1.82) is 0 Å². The van der Waals surface area contributed by atoms with Gasteiger partial charge in [-0.3, -0.25) is 0 Å². The van der Waals surface area contributed by atoms with Gasteiger partial charge in [0.15, 0.2) is 0 Å². The lowest BCUT2D eigenvalue weighted by atomic mass is 9.84. The maximum atomic E-state index is 10.8. The number of benzene rings is 2. The van der Waals surface area contributed by atoms with Crippen LogP contribution >= 0.6 is 0 Å². The molecule has 3 rings (SSSR count). The first-order chi connectivity index (χ1) is 9.70. The van der Waals surface area contributed by atoms with Crippen LogP contribution < -0.4 is 4.74 Å². The molecule has 0 bridgehead atoms. The molecular weight excluding hydrogens is 258 g/mol. The van der Waals surface area contributed by atoms with Crippen molar-refractivity contribution in [3.8, 4) is 5.75 Å². The molecule has 0 unspecified atom stereocenters. The number of rotatable bonds is 1. The molecule has 0 amide bonds. The minimum Gasteiger partial charge on any atom is -0.449 e. The molecule has 5 heteroatoms. The summed E-state index contributed by atoms with van der Waals surface area (Å²) in [6, 6.07) is 12.7. The quantitative estimate of drug-likeness (QED) is 0.308. The molecule has 5 nitrogen and oxygen atoms in total. The fourth-order valence-corrected chi connectivity index (χ4v) is 2.52. The van der Waals surface area contributed by atoms with Gasteiger partial charge in [0.05, 0.1) is 5.56 Å². The van der Waals surface area contributed by atoms with Gasteiger partial charge in [-0.25, -0.2) is 4.79 Å². The lowest BCUT2D eigenvalue weighted by Crippen LogP contribution is -2.18. The van der Waals surface area contributed by atoms with Crippen molar-refractivity contribution in [3.05, 3.63) is 64.7 Å². The van der Waals surface area contributed by atoms with Crippen LogP contribution in [0.1, 0.15) is 22.3 Å². The lowest BCUT2D eigenvalue weighted by molar-refractivity contribution is 0.144. The molecule has 0 radical (unpaired) electrons. The van der Waals surface area contributed by atoms with E-state index in [1.165, 1.54) is 0 Å². The predicted molar refractivity (Wildman–Crippen MR) is 71.8 cm³/mol. The summed E-state index contributed by atoms with van der Waals surface area (Å²) in [6.07, 6.45) is -0.754. The monoisotopic (exact) mass is 269 g/mol. The lowest BCUT2D eigenvalue weighted by Gasteiger charge is -2.22. The molecule has 100 valence electrons. The van der Waals surface area contributed by atoms with E-state index in [1.807, 2.05) is 30.3 Å². The van der Waals surface area contributed by atoms with Crippen LogP contribution in [-0.4, -0.2) is 22.2 Å². The molecule has 2 N–H and O–H groups in total. The van der Waals surface area contributed by atoms with Gasteiger partial charge in [-0.2, -0.15) is 0 Å². The molecule has 0 aliphatic heterocycles. The van der Waals surface area contributed by atoms with E-state index in [-0.39, 0.29) is 5.75 Å². The van der Waals surface area contributed by atoms with E-state index < -0.39 is 6.16 Å². The van der Waals surface area contributed by atoms with E-state index in [4.69, 9.17) is 9.84 Å². The Kier molecular flexibility index (Phi) is 2.87. The zero-order valence-corrected chi connectivity index (χ0v) is 10.4. The number of fused-ring (bicyclic) bond motifs is 2. The first-order valence-electron chi connectivity index (χ1n) is 6.04. The molecule has 1 aliphatic carbocycles. The maximum Gasteiger partial charge on any atom is 0.511 e. The standard InChI is InChI=1S/C15H11NO4/c17-15(18)20-12-7-3-5-10-8-9-4-1-2-6-11(9)14(16-19)13(10)12/h1-7,19H,8H2,(H,17,18). The summed E-state index contributed by atoms with van der Waals surface area (Å²) in [6.45, 7) is 0. The minimum atomic E-state index is -1.39. The summed E-state index contributed by atoms with van der Waals surface area (Å²) in [7, 11) is 0. The largest absolute Gasteiger partial charge is 0.511 e. The molecule has 0 aromatic heterocycles. The summed E-state index contributed by atoms with van der Waals surface area (Å²) >= 11 is 0. The predicted octanol–water partition coefficient (Wildman–Crippen LogP) is 2.87. The number of hydrogen-bond acceptors (Lipinski definition) is 4. The molecule has 0 heterocycles. The van der Waals surface area contributed by atoms with Crippen LogP contribution in [-0.2, 0) is 6.42 Å². The van der Waals surface area contributed by atoms with Gasteiger partial charge in [-0.15, -0.1) is 0 Å². The highest BCUT2D eigenvalue weighted by atomic mass is 16.7. The summed E-state index contributed by atoms with van der Waals surface area (Å²) in [5, 5.41) is 21.5. The van der Waals surface area contributed by atoms with Crippen LogP contribution in [0.2, 0.25) is 0 Å². The number of carboxylic acid groups (broad SMARTS) is 1. The summed E-state index contributed by atoms with van der Waals surface area (Å²) in [4.78, 5) is 10.8. The molecule has 2 aromatic carbocycles. The second-order valence-corrected chi connectivity index (χ2v) is 4.44. The Bertz CT molecular complexity index is 722. The fourth-order valence-electron chi connectivity index (χ4n) is 2.52. The molecule has 20 heavy (non-hydrogen) atoms. The van der Waals surface area contributed by atoms with E-state index >= 15 is 0 Å². The molecule has 1 aliphatic rings. The maximum absolute atomic E-state index is 10.8. The van der Waals surface area contributed by atoms with Crippen molar-refractivity contribution in [2.45, 2.75) is 6.42 Å². The van der Waals surface area contributed by atoms with E-state index in [0.29, 0.717) is 17.7 Å². The number of hydrogen-bond donors (Lipinski definition) is 2. The molecule has 0 saturated heterocycles. The van der Waals surface area contributed by atoms with E-state index in [9.17, 15) is 10.0 Å². The third kappa shape index (κ3) is 1.89. The van der Waals surface area contributed by atoms with Crippen LogP contribution in [0, 0.1) is 0 Å². The average molecular weight is 269 g/mol. The van der Waals surface area contributed by atoms with Gasteiger partial charge in [-0.1, -0.05) is 41.6 Å². The molecule has 0 spiro atoms. The van der Waals surface area contributed by atoms with Gasteiger partial charge in [0.2, 0.25) is 0 Å². The smallest absolute Gasteiger partial charge is 0.449 e. The molecule has 2 aromatic rings. The number of carbonyl (C=O) groups is 1. The topological polar surface area (TPSA) is 79.1 Å². The van der Waals surface area contributed by atoms with E-state index in [0.717, 1.165) is 16.7 Å². The van der Waals surface area contributed by atoms with Gasteiger partial charge in [-0.05, 0) is 23.6 Å². The molecule has 0 atom stereocenters. The zero-order valence-electron chi connectivity index (χ0n) is 10.4. The Balaban J connectivity index is 2.21. The van der Waals surface area contributed by atoms with Crippen molar-refractivity contribution < 1.29 is 19.8 Å². The number of nitrogens with zero attached hydrogens (tertiary/aromatic N) is 1. The SMILES string of the molecule is O=C(O)Oc1cccc2c1C(=NO)c1ccccc1C2. The second-order valence-electron chi connectivity index (χ2n) is 4.44. The number of oxime groups is 1. The third-order valence-electron chi connectivity index (χ3n) is 3.30.